The second kappa shape index (κ2) is 11.1. The van der Waals surface area contributed by atoms with Crippen LogP contribution < -0.4 is 5.32 Å². The van der Waals surface area contributed by atoms with E-state index in [4.69, 9.17) is 20.0 Å². The van der Waals surface area contributed by atoms with Gasteiger partial charge in [-0.1, -0.05) is 0 Å². The molecule has 5 N–H and O–H groups in total. The molecule has 12 heteroatoms. The molecule has 104 valence electrons. The smallest absolute Gasteiger partial charge is 0.481 e. The Bertz CT molecular complexity index is 308. The van der Waals surface area contributed by atoms with Crippen molar-refractivity contribution < 1.29 is 43.0 Å². The Balaban J connectivity index is 0. The van der Waals surface area contributed by atoms with Gasteiger partial charge in [0.15, 0.2) is 4.31 Å². The van der Waals surface area contributed by atoms with Crippen LogP contribution in [0.5, 0.6) is 0 Å². The van der Waals surface area contributed by atoms with Crippen molar-refractivity contribution in [2.45, 2.75) is 6.42 Å². The van der Waals surface area contributed by atoms with Crippen LogP contribution in [-0.2, 0) is 23.0 Å². The zero-order valence-corrected chi connectivity index (χ0v) is 11.0. The summed E-state index contributed by atoms with van der Waals surface area (Å²) < 4.78 is 22.2. The quantitative estimate of drug-likeness (QED) is 0.393. The van der Waals surface area contributed by atoms with E-state index in [1.54, 1.807) is 7.05 Å². The molecule has 0 saturated carbocycles. The van der Waals surface area contributed by atoms with Gasteiger partial charge in [-0.3, -0.25) is 9.59 Å². The molecule has 3 atom stereocenters. The van der Waals surface area contributed by atoms with Crippen LogP contribution >= 0.6 is 16.5 Å². The maximum Gasteiger partial charge on any atom is 0.745 e. The second-order valence-electron chi connectivity index (χ2n) is 2.75. The number of carboxylic acids is 2. The highest BCUT2D eigenvalue weighted by Crippen LogP contribution is 2.30. The minimum Gasteiger partial charge on any atom is -0.481 e. The van der Waals surface area contributed by atoms with Gasteiger partial charge in [-0.15, -0.1) is 9.79 Å². The van der Waals surface area contributed by atoms with Crippen molar-refractivity contribution in [2.24, 2.45) is 5.92 Å². The highest BCUT2D eigenvalue weighted by atomic mass is 31.2. The summed E-state index contributed by atoms with van der Waals surface area (Å²) in [5.41, 5.74) is 0. The maximum atomic E-state index is 10.3. The monoisotopic (exact) mass is 305 g/mol. The number of aliphatic carboxylic acids is 2. The van der Waals surface area contributed by atoms with Gasteiger partial charge in [-0.2, -0.15) is 0 Å². The molecule has 0 aliphatic carbocycles. The zero-order valence-electron chi connectivity index (χ0n) is 9.22. The Kier molecular flexibility index (Phi) is 11.9. The normalized spacial score (nSPS) is 12.8. The zero-order chi connectivity index (χ0) is 14.7. The van der Waals surface area contributed by atoms with Crippen LogP contribution in [0.15, 0.2) is 0 Å². The van der Waals surface area contributed by atoms with Gasteiger partial charge in [0.25, 0.3) is 0 Å². The third-order valence-electron chi connectivity index (χ3n) is 1.36. The van der Waals surface area contributed by atoms with Gasteiger partial charge >= 0.3 is 28.4 Å². The van der Waals surface area contributed by atoms with Gasteiger partial charge in [0.1, 0.15) is 0 Å². The lowest BCUT2D eigenvalue weighted by molar-refractivity contribution is -0.148. The molecule has 0 rings (SSSR count). The van der Waals surface area contributed by atoms with E-state index in [1.165, 1.54) is 0 Å². The lowest BCUT2D eigenvalue weighted by atomic mass is 10.1. The third kappa shape index (κ3) is 15.0. The van der Waals surface area contributed by atoms with E-state index in [9.17, 15) is 18.7 Å². The lowest BCUT2D eigenvalue weighted by Crippen LogP contribution is -2.28. The largest absolute Gasteiger partial charge is 0.745 e. The third-order valence-corrected chi connectivity index (χ3v) is 2.48. The van der Waals surface area contributed by atoms with Gasteiger partial charge in [-0.05, 0) is 7.05 Å². The molecule has 0 heterocycles. The minimum absolute atomic E-state index is 0.182. The van der Waals surface area contributed by atoms with Crippen LogP contribution in [0.3, 0.4) is 0 Å². The molecule has 0 bridgehead atoms. The van der Waals surface area contributed by atoms with E-state index in [-0.39, 0.29) is 13.0 Å². The summed E-state index contributed by atoms with van der Waals surface area (Å²) in [6.07, 6.45) is -0.337. The van der Waals surface area contributed by atoms with E-state index in [0.717, 1.165) is 0 Å². The molecule has 0 amide bonds. The standard InChI is InChI=1S/C6H11NO4.O5P2/c1-7-3-4(6(10)11)2-5(8)9;1-6(2)5-7(3)4/h4,7H,2-3H2,1H3,(H,8,9)(H,10,11);/p+2. The fourth-order valence-electron chi connectivity index (χ4n) is 0.764. The summed E-state index contributed by atoms with van der Waals surface area (Å²) in [7, 11) is -4.27. The summed E-state index contributed by atoms with van der Waals surface area (Å²) in [5.74, 6) is -3.01. The fraction of sp³-hybridized carbons (Fsp3) is 0.667. The first-order chi connectivity index (χ1) is 8.20. The van der Waals surface area contributed by atoms with Crippen LogP contribution in [0, 0.1) is 5.92 Å². The van der Waals surface area contributed by atoms with Gasteiger partial charge in [0.2, 0.25) is 0 Å². The lowest BCUT2D eigenvalue weighted by Gasteiger charge is -2.07. The number of carbonyl (C=O) groups is 2. The second-order valence-corrected chi connectivity index (χ2v) is 4.35. The highest BCUT2D eigenvalue weighted by molar-refractivity contribution is 7.46. The van der Waals surface area contributed by atoms with Crippen molar-refractivity contribution in [3.63, 3.8) is 0 Å². The average molecular weight is 305 g/mol. The SMILES string of the molecule is CNCC(CC(=O)O)C(=O)O.O=[P+](O)O[P+](=O)O. The van der Waals surface area contributed by atoms with E-state index in [1.807, 2.05) is 0 Å². The van der Waals surface area contributed by atoms with Crippen molar-refractivity contribution in [2.75, 3.05) is 13.6 Å². The summed E-state index contributed by atoms with van der Waals surface area (Å²) >= 11 is 0. The van der Waals surface area contributed by atoms with Crippen molar-refractivity contribution >= 4 is 28.4 Å². The highest BCUT2D eigenvalue weighted by Gasteiger charge is 2.31. The summed E-state index contributed by atoms with van der Waals surface area (Å²) in [5, 5.41) is 19.3. The van der Waals surface area contributed by atoms with E-state index in [0.29, 0.717) is 0 Å². The fourth-order valence-corrected chi connectivity index (χ4v) is 1.24. The van der Waals surface area contributed by atoms with Gasteiger partial charge < -0.3 is 15.5 Å². The first-order valence-corrected chi connectivity index (χ1v) is 6.56. The molecule has 0 saturated heterocycles. The van der Waals surface area contributed by atoms with Gasteiger partial charge in [-0.25, -0.2) is 0 Å². The predicted molar refractivity (Wildman–Crippen MR) is 58.0 cm³/mol. The number of hydrogen-bond donors (Lipinski definition) is 5. The van der Waals surface area contributed by atoms with Crippen molar-refractivity contribution in [1.82, 2.24) is 5.32 Å². The molecule has 3 unspecified atom stereocenters. The summed E-state index contributed by atoms with van der Waals surface area (Å²) in [4.78, 5) is 35.8. The molecule has 0 aromatic rings. The molecule has 0 aromatic heterocycles. The Labute approximate surface area is 103 Å². The van der Waals surface area contributed by atoms with E-state index in [2.05, 4.69) is 9.63 Å². The Morgan fingerprint density at radius 3 is 1.83 bits per heavy atom. The Morgan fingerprint density at radius 2 is 1.67 bits per heavy atom. The molecule has 0 fully saturated rings. The first kappa shape index (κ1) is 19.3. The molecule has 18 heavy (non-hydrogen) atoms. The minimum atomic E-state index is -2.92. The number of carboxylic acid groups (broad SMARTS) is 2. The molecule has 0 spiro atoms. The molecule has 10 nitrogen and oxygen atoms in total. The van der Waals surface area contributed by atoms with Crippen molar-refractivity contribution in [3.8, 4) is 0 Å². The van der Waals surface area contributed by atoms with Gasteiger partial charge in [0, 0.05) is 15.7 Å². The predicted octanol–water partition coefficient (Wildman–Crippen LogP) is -0.316. The topological polar surface area (TPSA) is 170 Å². The van der Waals surface area contributed by atoms with E-state index < -0.39 is 34.4 Å². The Morgan fingerprint density at radius 1 is 1.22 bits per heavy atom. The van der Waals surface area contributed by atoms with Crippen molar-refractivity contribution in [1.29, 1.82) is 0 Å². The molecule has 0 aliphatic rings. The molecule has 0 radical (unpaired) electrons. The van der Waals surface area contributed by atoms with Crippen LogP contribution in [0.1, 0.15) is 6.42 Å². The molecule has 0 aliphatic heterocycles. The summed E-state index contributed by atoms with van der Waals surface area (Å²) in [6.45, 7) is 0.182. The van der Waals surface area contributed by atoms with Crippen LogP contribution in [-0.4, -0.2) is 45.5 Å². The maximum absolute atomic E-state index is 10.3. The Hall–Kier alpha value is -1.02. The number of nitrogens with one attached hydrogen (secondary N) is 1. The first-order valence-electron chi connectivity index (χ1n) is 4.30. The summed E-state index contributed by atoms with van der Waals surface area (Å²) in [6, 6.07) is 0. The van der Waals surface area contributed by atoms with Crippen LogP contribution in [0.2, 0.25) is 0 Å². The number of rotatable bonds is 7. The van der Waals surface area contributed by atoms with Gasteiger partial charge in [0.05, 0.1) is 12.3 Å². The average Bonchev–Trinajstić information content (AvgIpc) is 2.14. The van der Waals surface area contributed by atoms with Crippen LogP contribution in [0.4, 0.5) is 0 Å². The molecule has 0 aromatic carbocycles. The van der Waals surface area contributed by atoms with Crippen molar-refractivity contribution in [3.05, 3.63) is 0 Å². The molecular formula is C6H13NO9P2+2. The van der Waals surface area contributed by atoms with Crippen LogP contribution in [0.25, 0.3) is 0 Å². The molecular weight excluding hydrogens is 292 g/mol. The number of hydrogen-bond acceptors (Lipinski definition) is 6. The van der Waals surface area contributed by atoms with E-state index >= 15 is 0 Å².